The largest absolute Gasteiger partial charge is 0.494 e. The van der Waals surface area contributed by atoms with Crippen LogP contribution in [0.5, 0.6) is 5.75 Å². The van der Waals surface area contributed by atoms with Crippen LogP contribution in [-0.2, 0) is 45.0 Å². The first kappa shape index (κ1) is 51.1. The molecule has 0 bridgehead atoms. The molecule has 11 nitrogen and oxygen atoms in total. The van der Waals surface area contributed by atoms with Crippen LogP contribution in [0.2, 0.25) is 0 Å². The summed E-state index contributed by atoms with van der Waals surface area (Å²) in [6, 6.07) is 27.3. The van der Waals surface area contributed by atoms with E-state index >= 15 is 13.2 Å². The molecule has 0 radical (unpaired) electrons. The van der Waals surface area contributed by atoms with Crippen LogP contribution >= 0.6 is 0 Å². The molecule has 2 aliphatic carbocycles. The van der Waals surface area contributed by atoms with Crippen LogP contribution in [0.4, 0.5) is 13.2 Å². The van der Waals surface area contributed by atoms with Gasteiger partial charge in [0.1, 0.15) is 24.6 Å². The maximum Gasteiger partial charge on any atom is 0.329 e. The smallest absolute Gasteiger partial charge is 0.329 e. The summed E-state index contributed by atoms with van der Waals surface area (Å²) < 4.78 is 68.4. The normalized spacial score (nSPS) is 18.6. The Balaban J connectivity index is 1.16. The molecular weight excluding hydrogens is 910 g/mol. The molecule has 2 saturated carbocycles. The van der Waals surface area contributed by atoms with E-state index in [0.29, 0.717) is 73.5 Å². The number of aliphatic carboxylic acids is 2. The zero-order valence-electron chi connectivity index (χ0n) is 40.9. The zero-order chi connectivity index (χ0) is 50.0. The van der Waals surface area contributed by atoms with Crippen LogP contribution in [0.1, 0.15) is 94.5 Å². The third kappa shape index (κ3) is 12.3. The van der Waals surface area contributed by atoms with Gasteiger partial charge in [-0.1, -0.05) is 93.1 Å². The predicted molar refractivity (Wildman–Crippen MR) is 267 cm³/mol. The van der Waals surface area contributed by atoms with Crippen molar-refractivity contribution in [1.82, 2.24) is 19.6 Å². The van der Waals surface area contributed by atoms with E-state index in [1.165, 1.54) is 13.2 Å². The van der Waals surface area contributed by atoms with Crippen molar-refractivity contribution in [3.63, 3.8) is 0 Å². The first-order valence-electron chi connectivity index (χ1n) is 25.1. The number of carboxylic acids is 2. The quantitative estimate of drug-likeness (QED) is 0.0681. The summed E-state index contributed by atoms with van der Waals surface area (Å²) >= 11 is 0. The molecule has 0 amide bonds. The van der Waals surface area contributed by atoms with Crippen LogP contribution < -0.4 is 4.74 Å². The molecule has 8 rings (SSSR count). The highest BCUT2D eigenvalue weighted by molar-refractivity contribution is 5.85. The Kier molecular flexibility index (Phi) is 17.1. The van der Waals surface area contributed by atoms with Gasteiger partial charge < -0.3 is 24.4 Å². The standard InChI is InChI=1S/C57H65F3N4O7/c1-4-11-47-52(45-17-10-19-49(69-3)55(45)60)57(62-63(47)30-37-20-24-39(25-21-37)32-70-34-50(65)66)43-15-8-14-42(29-43)36(2)28-48-53(44-16-9-18-46(58)54(44)59)56(41-12-6-5-7-13-41)61-64(48)31-38-22-26-40(27-23-38)33-71-35-51(67)68/h5-10,12-19,29,36-40H,4,11,20-28,30-35H2,1-3H3,(H,65,66)(H,67,68). The van der Waals surface area contributed by atoms with Crippen molar-refractivity contribution < 1.29 is 47.2 Å². The van der Waals surface area contributed by atoms with E-state index < -0.39 is 29.4 Å². The van der Waals surface area contributed by atoms with E-state index in [1.54, 1.807) is 24.3 Å². The van der Waals surface area contributed by atoms with Gasteiger partial charge >= 0.3 is 11.9 Å². The number of benzene rings is 4. The Hall–Kier alpha value is -6.25. The van der Waals surface area contributed by atoms with Gasteiger partial charge in [0, 0.05) is 57.9 Å². The van der Waals surface area contributed by atoms with Crippen LogP contribution in [0.15, 0.2) is 91.0 Å². The molecule has 2 heterocycles. The van der Waals surface area contributed by atoms with Gasteiger partial charge in [-0.05, 0) is 118 Å². The Morgan fingerprint density at radius 1 is 0.648 bits per heavy atom. The molecule has 2 N–H and O–H groups in total. The maximum atomic E-state index is 16.5. The molecule has 2 aromatic heterocycles. The highest BCUT2D eigenvalue weighted by Crippen LogP contribution is 2.43. The van der Waals surface area contributed by atoms with Crippen LogP contribution in [-0.4, -0.2) is 75.2 Å². The number of carboxylic acid groups (broad SMARTS) is 2. The summed E-state index contributed by atoms with van der Waals surface area (Å²) in [5, 5.41) is 28.7. The highest BCUT2D eigenvalue weighted by atomic mass is 19.2. The van der Waals surface area contributed by atoms with Gasteiger partial charge in [0.05, 0.1) is 20.3 Å². The Morgan fingerprint density at radius 3 is 1.73 bits per heavy atom. The summed E-state index contributed by atoms with van der Waals surface area (Å²) in [5.74, 6) is -3.18. The average Bonchev–Trinajstić information content (AvgIpc) is 3.90. The molecule has 14 heteroatoms. The molecule has 6 aromatic rings. The van der Waals surface area contributed by atoms with Gasteiger partial charge in [0.15, 0.2) is 23.2 Å². The number of aromatic nitrogens is 4. The number of hydrogen-bond donors (Lipinski definition) is 2. The lowest BCUT2D eigenvalue weighted by atomic mass is 9.82. The Morgan fingerprint density at radius 2 is 1.15 bits per heavy atom. The third-order valence-corrected chi connectivity index (χ3v) is 14.5. The minimum absolute atomic E-state index is 0.143. The molecule has 4 aromatic carbocycles. The number of halogens is 3. The van der Waals surface area contributed by atoms with Gasteiger partial charge in [-0.15, -0.1) is 0 Å². The first-order valence-corrected chi connectivity index (χ1v) is 25.1. The summed E-state index contributed by atoms with van der Waals surface area (Å²) in [4.78, 5) is 22.1. The van der Waals surface area contributed by atoms with Crippen molar-refractivity contribution in [1.29, 1.82) is 0 Å². The molecule has 2 fully saturated rings. The minimum Gasteiger partial charge on any atom is -0.494 e. The third-order valence-electron chi connectivity index (χ3n) is 14.5. The van der Waals surface area contributed by atoms with Crippen LogP contribution in [0, 0.1) is 41.1 Å². The zero-order valence-corrected chi connectivity index (χ0v) is 40.9. The average molecular weight is 975 g/mol. The van der Waals surface area contributed by atoms with E-state index in [1.807, 2.05) is 47.1 Å². The van der Waals surface area contributed by atoms with Crippen LogP contribution in [0.25, 0.3) is 44.8 Å². The second kappa shape index (κ2) is 23.8. The topological polar surface area (TPSA) is 138 Å². The predicted octanol–water partition coefficient (Wildman–Crippen LogP) is 12.3. The lowest BCUT2D eigenvalue weighted by Gasteiger charge is -2.29. The SMILES string of the molecule is CCCc1c(-c2cccc(OC)c2F)c(-c2cccc(C(C)Cc3c(-c4cccc(F)c4F)c(-c4ccccc4)nn3CC3CCC(COCC(=O)O)CC3)c2)nn1CC1CCC(COCC(=O)O)CC1. The molecule has 0 saturated heterocycles. The summed E-state index contributed by atoms with van der Waals surface area (Å²) in [7, 11) is 1.46. The number of methoxy groups -OCH3 is 1. The second-order valence-corrected chi connectivity index (χ2v) is 19.6. The monoisotopic (exact) mass is 974 g/mol. The Bertz CT molecular complexity index is 2760. The summed E-state index contributed by atoms with van der Waals surface area (Å²) in [6.07, 6.45) is 9.16. The summed E-state index contributed by atoms with van der Waals surface area (Å²) in [6.45, 7) is 5.66. The van der Waals surface area contributed by atoms with Gasteiger partial charge in [-0.3, -0.25) is 9.36 Å². The number of rotatable bonds is 22. The molecule has 0 spiro atoms. The fourth-order valence-electron chi connectivity index (χ4n) is 10.8. The number of carbonyl (C=O) groups is 2. The minimum atomic E-state index is -0.985. The van der Waals surface area contributed by atoms with E-state index in [2.05, 4.69) is 30.7 Å². The van der Waals surface area contributed by atoms with E-state index in [9.17, 15) is 9.59 Å². The van der Waals surface area contributed by atoms with Crippen LogP contribution in [0.3, 0.4) is 0 Å². The van der Waals surface area contributed by atoms with E-state index in [4.69, 9.17) is 34.6 Å². The molecule has 1 unspecified atom stereocenters. The van der Waals surface area contributed by atoms with Crippen molar-refractivity contribution in [3.05, 3.63) is 125 Å². The van der Waals surface area contributed by atoms with Gasteiger partial charge in [0.2, 0.25) is 0 Å². The lowest BCUT2D eigenvalue weighted by molar-refractivity contribution is -0.143. The Labute approximate surface area is 414 Å². The van der Waals surface area contributed by atoms with Crippen molar-refractivity contribution in [2.45, 2.75) is 103 Å². The first-order chi connectivity index (χ1) is 34.4. The number of ether oxygens (including phenoxy) is 3. The van der Waals surface area contributed by atoms with Crippen molar-refractivity contribution in [2.24, 2.45) is 23.7 Å². The molecule has 0 aliphatic heterocycles. The maximum absolute atomic E-state index is 16.5. The fourth-order valence-corrected chi connectivity index (χ4v) is 10.8. The van der Waals surface area contributed by atoms with Crippen molar-refractivity contribution >= 4 is 11.9 Å². The molecule has 1 atom stereocenters. The summed E-state index contributed by atoms with van der Waals surface area (Å²) in [5.41, 5.74) is 7.38. The lowest BCUT2D eigenvalue weighted by Crippen LogP contribution is -2.24. The molecule has 2 aliphatic rings. The van der Waals surface area contributed by atoms with E-state index in [-0.39, 0.29) is 42.3 Å². The van der Waals surface area contributed by atoms with Gasteiger partial charge in [0.25, 0.3) is 0 Å². The molecule has 376 valence electrons. The molecule has 71 heavy (non-hydrogen) atoms. The highest BCUT2D eigenvalue weighted by Gasteiger charge is 2.31. The molecular formula is C57H65F3N4O7. The van der Waals surface area contributed by atoms with Gasteiger partial charge in [-0.25, -0.2) is 22.8 Å². The number of hydrogen-bond acceptors (Lipinski definition) is 7. The number of nitrogens with zero attached hydrogens (tertiary/aromatic N) is 4. The second-order valence-electron chi connectivity index (χ2n) is 19.6. The van der Waals surface area contributed by atoms with E-state index in [0.717, 1.165) is 97.5 Å². The fraction of sp³-hybridized carbons (Fsp3) is 0.439. The van der Waals surface area contributed by atoms with Crippen molar-refractivity contribution in [2.75, 3.05) is 33.5 Å². The van der Waals surface area contributed by atoms with Crippen molar-refractivity contribution in [3.8, 4) is 50.5 Å². The van der Waals surface area contributed by atoms with Gasteiger partial charge in [-0.2, -0.15) is 10.2 Å².